The Morgan fingerprint density at radius 1 is 1.40 bits per heavy atom. The number of hydrogen-bond donors (Lipinski definition) is 3. The molecular weight excluding hydrogens is 274 g/mol. The van der Waals surface area contributed by atoms with Gasteiger partial charge >= 0.3 is 0 Å². The van der Waals surface area contributed by atoms with Crippen LogP contribution >= 0.6 is 11.3 Å². The van der Waals surface area contributed by atoms with Gasteiger partial charge in [0, 0.05) is 16.6 Å². The lowest BCUT2D eigenvalue weighted by Crippen LogP contribution is -2.23. The Hall–Kier alpha value is -1.99. The second-order valence-electron chi connectivity index (χ2n) is 4.29. The molecule has 0 aliphatic rings. The van der Waals surface area contributed by atoms with Crippen molar-refractivity contribution < 1.29 is 4.79 Å². The van der Waals surface area contributed by atoms with Crippen molar-refractivity contribution in [2.75, 3.05) is 5.43 Å². The third-order valence-corrected chi connectivity index (χ3v) is 3.34. The first-order valence-corrected chi connectivity index (χ1v) is 7.30. The Morgan fingerprint density at radius 3 is 2.90 bits per heavy atom. The lowest BCUT2D eigenvalue weighted by atomic mass is 10.1. The summed E-state index contributed by atoms with van der Waals surface area (Å²) in [6.45, 7) is 2.48. The molecule has 6 nitrogen and oxygen atoms in total. The van der Waals surface area contributed by atoms with Crippen molar-refractivity contribution >= 4 is 23.1 Å². The minimum absolute atomic E-state index is 0.158. The van der Waals surface area contributed by atoms with Crippen LogP contribution in [-0.2, 0) is 13.0 Å². The number of anilines is 1. The van der Waals surface area contributed by atoms with Gasteiger partial charge in [-0.2, -0.15) is 0 Å². The zero-order valence-electron chi connectivity index (χ0n) is 11.2. The van der Waals surface area contributed by atoms with Gasteiger partial charge in [0.1, 0.15) is 5.82 Å². The Bertz CT molecular complexity index is 570. The highest BCUT2D eigenvalue weighted by Crippen LogP contribution is 2.12. The SMILES string of the molecule is CCCc1cc(C(=O)NCc2cscn2)cc(NN)n1. The highest BCUT2D eigenvalue weighted by Gasteiger charge is 2.09. The largest absolute Gasteiger partial charge is 0.346 e. The van der Waals surface area contributed by atoms with Gasteiger partial charge in [0.15, 0.2) is 0 Å². The predicted octanol–water partition coefficient (Wildman–Crippen LogP) is 1.71. The van der Waals surface area contributed by atoms with Crippen molar-refractivity contribution in [1.29, 1.82) is 0 Å². The number of carbonyl (C=O) groups excluding carboxylic acids is 1. The number of nitrogens with zero attached hydrogens (tertiary/aromatic N) is 2. The molecule has 0 aliphatic carbocycles. The number of nitrogens with one attached hydrogen (secondary N) is 2. The molecule has 4 N–H and O–H groups in total. The summed E-state index contributed by atoms with van der Waals surface area (Å²) in [7, 11) is 0. The second-order valence-corrected chi connectivity index (χ2v) is 5.01. The maximum atomic E-state index is 12.1. The molecule has 0 spiro atoms. The van der Waals surface area contributed by atoms with Crippen LogP contribution in [0.2, 0.25) is 0 Å². The predicted molar refractivity (Wildman–Crippen MR) is 79.3 cm³/mol. The third-order valence-electron chi connectivity index (χ3n) is 2.71. The molecule has 0 fully saturated rings. The van der Waals surface area contributed by atoms with Crippen LogP contribution in [0.25, 0.3) is 0 Å². The van der Waals surface area contributed by atoms with Crippen molar-refractivity contribution in [2.45, 2.75) is 26.3 Å². The minimum Gasteiger partial charge on any atom is -0.346 e. The molecule has 1 amide bonds. The van der Waals surface area contributed by atoms with Gasteiger partial charge in [0.05, 0.1) is 17.7 Å². The summed E-state index contributed by atoms with van der Waals surface area (Å²) in [5.74, 6) is 5.72. The van der Waals surface area contributed by atoms with E-state index in [1.807, 2.05) is 5.38 Å². The molecule has 0 radical (unpaired) electrons. The highest BCUT2D eigenvalue weighted by molar-refractivity contribution is 7.07. The zero-order valence-corrected chi connectivity index (χ0v) is 12.0. The van der Waals surface area contributed by atoms with Crippen LogP contribution < -0.4 is 16.6 Å². The van der Waals surface area contributed by atoms with Crippen LogP contribution in [0.1, 0.15) is 35.1 Å². The van der Waals surface area contributed by atoms with Crippen molar-refractivity contribution in [3.05, 3.63) is 40.0 Å². The van der Waals surface area contributed by atoms with Crippen LogP contribution in [0.4, 0.5) is 5.82 Å². The van der Waals surface area contributed by atoms with Crippen LogP contribution in [-0.4, -0.2) is 15.9 Å². The van der Waals surface area contributed by atoms with Gasteiger partial charge < -0.3 is 10.7 Å². The number of amides is 1. The minimum atomic E-state index is -0.158. The number of carbonyl (C=O) groups is 1. The molecule has 2 rings (SSSR count). The summed E-state index contributed by atoms with van der Waals surface area (Å²) >= 11 is 1.50. The van der Waals surface area contributed by atoms with Crippen LogP contribution in [0.5, 0.6) is 0 Å². The van der Waals surface area contributed by atoms with Gasteiger partial charge in [-0.05, 0) is 18.6 Å². The molecule has 0 atom stereocenters. The fourth-order valence-corrected chi connectivity index (χ4v) is 2.33. The quantitative estimate of drug-likeness (QED) is 0.556. The van der Waals surface area contributed by atoms with E-state index in [-0.39, 0.29) is 5.91 Å². The number of hydrazine groups is 1. The second kappa shape index (κ2) is 6.97. The van der Waals surface area contributed by atoms with Gasteiger partial charge in [-0.3, -0.25) is 4.79 Å². The van der Waals surface area contributed by atoms with Gasteiger partial charge in [0.25, 0.3) is 5.91 Å². The average molecular weight is 291 g/mol. The lowest BCUT2D eigenvalue weighted by Gasteiger charge is -2.08. The summed E-state index contributed by atoms with van der Waals surface area (Å²) in [6, 6.07) is 3.43. The van der Waals surface area contributed by atoms with E-state index in [4.69, 9.17) is 5.84 Å². The molecule has 7 heteroatoms. The molecule has 0 bridgehead atoms. The third kappa shape index (κ3) is 3.75. The van der Waals surface area contributed by atoms with E-state index in [1.54, 1.807) is 17.6 Å². The number of hydrogen-bond acceptors (Lipinski definition) is 6. The van der Waals surface area contributed by atoms with Crippen molar-refractivity contribution in [3.8, 4) is 0 Å². The van der Waals surface area contributed by atoms with Gasteiger partial charge in [-0.15, -0.1) is 11.3 Å². The van der Waals surface area contributed by atoms with Gasteiger partial charge in [-0.25, -0.2) is 15.8 Å². The molecular formula is C13H17N5OS. The van der Waals surface area contributed by atoms with E-state index in [0.717, 1.165) is 24.2 Å². The van der Waals surface area contributed by atoms with Crippen molar-refractivity contribution in [3.63, 3.8) is 0 Å². The standard InChI is InChI=1S/C13H17N5OS/c1-2-3-10-4-9(5-12(17-10)18-14)13(19)15-6-11-7-20-8-16-11/h4-5,7-8H,2-3,6,14H2,1H3,(H,15,19)(H,17,18). The molecule has 0 unspecified atom stereocenters. The number of nitrogen functional groups attached to an aromatic ring is 1. The first-order valence-electron chi connectivity index (χ1n) is 6.35. The first-order chi connectivity index (χ1) is 9.72. The molecule has 0 saturated heterocycles. The van der Waals surface area contributed by atoms with E-state index in [0.29, 0.717) is 17.9 Å². The summed E-state index contributed by atoms with van der Waals surface area (Å²) in [6.07, 6.45) is 1.77. The van der Waals surface area contributed by atoms with Crippen LogP contribution in [0, 0.1) is 0 Å². The van der Waals surface area contributed by atoms with E-state index in [2.05, 4.69) is 27.6 Å². The van der Waals surface area contributed by atoms with Gasteiger partial charge in [-0.1, -0.05) is 13.3 Å². The molecule has 2 heterocycles. The molecule has 2 aromatic heterocycles. The monoisotopic (exact) mass is 291 g/mol. The van der Waals surface area contributed by atoms with Crippen LogP contribution in [0.15, 0.2) is 23.0 Å². The average Bonchev–Trinajstić information content (AvgIpc) is 2.98. The summed E-state index contributed by atoms with van der Waals surface area (Å²) in [4.78, 5) is 20.6. The number of nitrogens with two attached hydrogens (primary N) is 1. The molecule has 0 aromatic carbocycles. The summed E-state index contributed by atoms with van der Waals surface area (Å²) in [5, 5.41) is 4.74. The fourth-order valence-electron chi connectivity index (χ4n) is 1.77. The number of rotatable bonds is 6. The zero-order chi connectivity index (χ0) is 14.4. The van der Waals surface area contributed by atoms with E-state index in [9.17, 15) is 4.79 Å². The van der Waals surface area contributed by atoms with Crippen molar-refractivity contribution in [1.82, 2.24) is 15.3 Å². The Balaban J connectivity index is 2.09. The molecule has 0 saturated carbocycles. The Labute approximate surface area is 121 Å². The number of aromatic nitrogens is 2. The first kappa shape index (κ1) is 14.4. The van der Waals surface area contributed by atoms with Crippen molar-refractivity contribution in [2.24, 2.45) is 5.84 Å². The summed E-state index contributed by atoms with van der Waals surface area (Å²) < 4.78 is 0. The normalized spacial score (nSPS) is 10.3. The molecule has 0 aliphatic heterocycles. The lowest BCUT2D eigenvalue weighted by molar-refractivity contribution is 0.0950. The van der Waals surface area contributed by atoms with Crippen LogP contribution in [0.3, 0.4) is 0 Å². The Morgan fingerprint density at radius 2 is 2.25 bits per heavy atom. The van der Waals surface area contributed by atoms with E-state index in [1.165, 1.54) is 11.3 Å². The number of aryl methyl sites for hydroxylation is 1. The topological polar surface area (TPSA) is 92.9 Å². The van der Waals surface area contributed by atoms with E-state index >= 15 is 0 Å². The van der Waals surface area contributed by atoms with E-state index < -0.39 is 0 Å². The molecule has 106 valence electrons. The Kier molecular flexibility index (Phi) is 5.03. The maximum absolute atomic E-state index is 12.1. The fraction of sp³-hybridized carbons (Fsp3) is 0.308. The maximum Gasteiger partial charge on any atom is 0.251 e. The smallest absolute Gasteiger partial charge is 0.251 e. The highest BCUT2D eigenvalue weighted by atomic mass is 32.1. The molecule has 2 aromatic rings. The molecule has 20 heavy (non-hydrogen) atoms. The number of thiazole rings is 1. The number of pyridine rings is 1. The van der Waals surface area contributed by atoms with Gasteiger partial charge in [0.2, 0.25) is 0 Å². The summed E-state index contributed by atoms with van der Waals surface area (Å²) in [5.41, 5.74) is 6.48.